The van der Waals surface area contributed by atoms with Gasteiger partial charge in [-0.3, -0.25) is 9.78 Å². The summed E-state index contributed by atoms with van der Waals surface area (Å²) in [6.07, 6.45) is 4.27. The van der Waals surface area contributed by atoms with Gasteiger partial charge in [0.2, 0.25) is 0 Å². The summed E-state index contributed by atoms with van der Waals surface area (Å²) in [5.41, 5.74) is 0.831. The van der Waals surface area contributed by atoms with Gasteiger partial charge in [0.1, 0.15) is 10.8 Å². The lowest BCUT2D eigenvalue weighted by Gasteiger charge is -2.03. The first-order valence-corrected chi connectivity index (χ1v) is 5.16. The first kappa shape index (κ1) is 11.4. The van der Waals surface area contributed by atoms with E-state index in [1.54, 1.807) is 18.3 Å². The van der Waals surface area contributed by atoms with Crippen molar-refractivity contribution in [3.8, 4) is 0 Å². The fourth-order valence-corrected chi connectivity index (χ4v) is 1.29. The summed E-state index contributed by atoms with van der Waals surface area (Å²) in [6, 6.07) is 3.50. The van der Waals surface area contributed by atoms with Gasteiger partial charge in [0.25, 0.3) is 5.91 Å². The van der Waals surface area contributed by atoms with Gasteiger partial charge in [-0.25, -0.2) is 4.98 Å². The van der Waals surface area contributed by atoms with Crippen LogP contribution >= 0.6 is 11.6 Å². The Labute approximate surface area is 102 Å². The Morgan fingerprint density at radius 2 is 2.29 bits per heavy atom. The van der Waals surface area contributed by atoms with Crippen molar-refractivity contribution in [2.75, 3.05) is 0 Å². The highest BCUT2D eigenvalue weighted by atomic mass is 35.5. The van der Waals surface area contributed by atoms with Crippen LogP contribution in [0.3, 0.4) is 0 Å². The van der Waals surface area contributed by atoms with Crippen molar-refractivity contribution >= 4 is 17.5 Å². The first-order valence-electron chi connectivity index (χ1n) is 4.78. The second kappa shape index (κ2) is 5.31. The number of aromatic nitrogens is 4. The van der Waals surface area contributed by atoms with Gasteiger partial charge in [-0.1, -0.05) is 11.6 Å². The molecule has 7 heteroatoms. The molecule has 0 aromatic carbocycles. The lowest BCUT2D eigenvalue weighted by atomic mass is 10.3. The maximum Gasteiger partial charge on any atom is 0.271 e. The quantitative estimate of drug-likeness (QED) is 0.872. The van der Waals surface area contributed by atoms with Crippen molar-refractivity contribution in [2.24, 2.45) is 0 Å². The van der Waals surface area contributed by atoms with Crippen LogP contribution in [0.15, 0.2) is 30.7 Å². The molecule has 0 unspecified atom stereocenters. The number of amides is 1. The van der Waals surface area contributed by atoms with Crippen molar-refractivity contribution < 1.29 is 4.79 Å². The SMILES string of the molecule is O=C(NCc1cccnn1)c1cncc(Cl)n1. The summed E-state index contributed by atoms with van der Waals surface area (Å²) in [6.45, 7) is 0.279. The van der Waals surface area contributed by atoms with Gasteiger partial charge >= 0.3 is 0 Å². The Hall–Kier alpha value is -2.08. The zero-order valence-electron chi connectivity index (χ0n) is 8.67. The molecular formula is C10H8ClN5O. The molecule has 2 aromatic heterocycles. The third kappa shape index (κ3) is 3.18. The number of nitrogens with one attached hydrogen (secondary N) is 1. The van der Waals surface area contributed by atoms with Crippen LogP contribution in [0.2, 0.25) is 5.15 Å². The van der Waals surface area contributed by atoms with Crippen molar-refractivity contribution in [3.63, 3.8) is 0 Å². The molecule has 1 amide bonds. The van der Waals surface area contributed by atoms with E-state index in [2.05, 4.69) is 25.5 Å². The van der Waals surface area contributed by atoms with E-state index in [0.29, 0.717) is 5.69 Å². The van der Waals surface area contributed by atoms with Gasteiger partial charge in [-0.05, 0) is 12.1 Å². The Kier molecular flexibility index (Phi) is 3.56. The molecular weight excluding hydrogens is 242 g/mol. The zero-order chi connectivity index (χ0) is 12.1. The molecule has 2 rings (SSSR count). The first-order chi connectivity index (χ1) is 8.25. The molecule has 0 aliphatic heterocycles. The fraction of sp³-hybridized carbons (Fsp3) is 0.100. The molecule has 2 aromatic rings. The van der Waals surface area contributed by atoms with Crippen LogP contribution in [-0.4, -0.2) is 26.1 Å². The fourth-order valence-electron chi connectivity index (χ4n) is 1.14. The van der Waals surface area contributed by atoms with Gasteiger partial charge in [0.15, 0.2) is 0 Å². The Morgan fingerprint density at radius 1 is 1.41 bits per heavy atom. The number of carbonyl (C=O) groups is 1. The molecule has 0 aliphatic rings. The van der Waals surface area contributed by atoms with Crippen LogP contribution in [0.5, 0.6) is 0 Å². The van der Waals surface area contributed by atoms with Crippen LogP contribution in [0.1, 0.15) is 16.2 Å². The largest absolute Gasteiger partial charge is 0.345 e. The van der Waals surface area contributed by atoms with E-state index in [9.17, 15) is 4.79 Å². The van der Waals surface area contributed by atoms with E-state index in [4.69, 9.17) is 11.6 Å². The minimum Gasteiger partial charge on any atom is -0.345 e. The minimum atomic E-state index is -0.356. The maximum absolute atomic E-state index is 11.6. The van der Waals surface area contributed by atoms with Crippen LogP contribution in [0.4, 0.5) is 0 Å². The van der Waals surface area contributed by atoms with E-state index in [0.717, 1.165) is 0 Å². The maximum atomic E-state index is 11.6. The molecule has 0 saturated heterocycles. The third-order valence-electron chi connectivity index (χ3n) is 1.90. The Bertz CT molecular complexity index is 519. The summed E-state index contributed by atoms with van der Waals surface area (Å²) in [5.74, 6) is -0.356. The van der Waals surface area contributed by atoms with Gasteiger partial charge in [0, 0.05) is 6.20 Å². The molecule has 0 radical (unpaired) electrons. The summed E-state index contributed by atoms with van der Waals surface area (Å²) in [5, 5.41) is 10.4. The number of halogens is 1. The normalized spacial score (nSPS) is 9.94. The smallest absolute Gasteiger partial charge is 0.271 e. The third-order valence-corrected chi connectivity index (χ3v) is 2.08. The minimum absolute atomic E-state index is 0.168. The molecule has 2 heterocycles. The highest BCUT2D eigenvalue weighted by Gasteiger charge is 2.08. The number of hydrogen-bond donors (Lipinski definition) is 1. The molecule has 0 atom stereocenters. The molecule has 86 valence electrons. The monoisotopic (exact) mass is 249 g/mol. The lowest BCUT2D eigenvalue weighted by molar-refractivity contribution is 0.0945. The van der Waals surface area contributed by atoms with Crippen molar-refractivity contribution in [2.45, 2.75) is 6.54 Å². The summed E-state index contributed by atoms with van der Waals surface area (Å²) < 4.78 is 0. The summed E-state index contributed by atoms with van der Waals surface area (Å²) >= 11 is 5.63. The van der Waals surface area contributed by atoms with Crippen molar-refractivity contribution in [1.29, 1.82) is 0 Å². The van der Waals surface area contributed by atoms with E-state index in [-0.39, 0.29) is 23.3 Å². The highest BCUT2D eigenvalue weighted by Crippen LogP contribution is 2.02. The van der Waals surface area contributed by atoms with E-state index < -0.39 is 0 Å². The predicted molar refractivity (Wildman–Crippen MR) is 60.2 cm³/mol. The number of rotatable bonds is 3. The summed E-state index contributed by atoms with van der Waals surface area (Å²) in [7, 11) is 0. The van der Waals surface area contributed by atoms with E-state index in [1.165, 1.54) is 12.4 Å². The van der Waals surface area contributed by atoms with Gasteiger partial charge < -0.3 is 5.32 Å². The van der Waals surface area contributed by atoms with Crippen LogP contribution in [0, 0.1) is 0 Å². The van der Waals surface area contributed by atoms with E-state index in [1.807, 2.05) is 0 Å². The molecule has 17 heavy (non-hydrogen) atoms. The van der Waals surface area contributed by atoms with Crippen LogP contribution in [-0.2, 0) is 6.54 Å². The molecule has 0 fully saturated rings. The average molecular weight is 250 g/mol. The van der Waals surface area contributed by atoms with Gasteiger partial charge in [-0.15, -0.1) is 0 Å². The zero-order valence-corrected chi connectivity index (χ0v) is 9.42. The van der Waals surface area contributed by atoms with Crippen molar-refractivity contribution in [1.82, 2.24) is 25.5 Å². The lowest BCUT2D eigenvalue weighted by Crippen LogP contribution is -2.24. The van der Waals surface area contributed by atoms with Gasteiger partial charge in [0.05, 0.1) is 24.6 Å². The summed E-state index contributed by atoms with van der Waals surface area (Å²) in [4.78, 5) is 19.3. The molecule has 1 N–H and O–H groups in total. The Morgan fingerprint density at radius 3 is 3.00 bits per heavy atom. The van der Waals surface area contributed by atoms with E-state index >= 15 is 0 Å². The number of hydrogen-bond acceptors (Lipinski definition) is 5. The number of nitrogens with zero attached hydrogens (tertiary/aromatic N) is 4. The van der Waals surface area contributed by atoms with Crippen LogP contribution in [0.25, 0.3) is 0 Å². The average Bonchev–Trinajstić information content (AvgIpc) is 2.37. The molecule has 0 spiro atoms. The highest BCUT2D eigenvalue weighted by molar-refractivity contribution is 6.29. The predicted octanol–water partition coefficient (Wildman–Crippen LogP) is 0.850. The topological polar surface area (TPSA) is 80.7 Å². The standard InChI is InChI=1S/C10H8ClN5O/c11-9-6-12-5-8(15-9)10(17)13-4-7-2-1-3-14-16-7/h1-3,5-6H,4H2,(H,13,17). The Balaban J connectivity index is 1.98. The molecule has 0 bridgehead atoms. The second-order valence-corrected chi connectivity index (χ2v) is 3.51. The van der Waals surface area contributed by atoms with Crippen molar-refractivity contribution in [3.05, 3.63) is 47.3 Å². The second-order valence-electron chi connectivity index (χ2n) is 3.12. The molecule has 6 nitrogen and oxygen atoms in total. The molecule has 0 aliphatic carbocycles. The van der Waals surface area contributed by atoms with Gasteiger partial charge in [-0.2, -0.15) is 10.2 Å². The molecule has 0 saturated carbocycles. The number of carbonyl (C=O) groups excluding carboxylic acids is 1. The van der Waals surface area contributed by atoms with Crippen LogP contribution < -0.4 is 5.32 Å².